The number of carbonyl (C=O) groups excluding carboxylic acids is 1. The van der Waals surface area contributed by atoms with E-state index in [1.165, 1.54) is 39.2 Å². The number of halogens is 1. The highest BCUT2D eigenvalue weighted by Crippen LogP contribution is 2.38. The van der Waals surface area contributed by atoms with Crippen molar-refractivity contribution in [2.24, 2.45) is 9.39 Å². The van der Waals surface area contributed by atoms with Crippen LogP contribution < -0.4 is 8.92 Å². The van der Waals surface area contributed by atoms with E-state index in [-0.39, 0.29) is 38.0 Å². The van der Waals surface area contributed by atoms with Gasteiger partial charge in [0.25, 0.3) is 5.91 Å². The molecule has 1 aromatic carbocycles. The summed E-state index contributed by atoms with van der Waals surface area (Å²) in [6.07, 6.45) is 2.10. The summed E-state index contributed by atoms with van der Waals surface area (Å²) in [5.41, 5.74) is 0.0364. The number of hydrogen-bond donors (Lipinski definition) is 1. The molecule has 1 N–H and O–H groups in total. The van der Waals surface area contributed by atoms with Crippen LogP contribution in [0.2, 0.25) is 5.02 Å². The molecule has 0 atom stereocenters. The van der Waals surface area contributed by atoms with Gasteiger partial charge in [-0.1, -0.05) is 11.6 Å². The number of fused-ring (bicyclic) bond motifs is 1. The average Bonchev–Trinajstić information content (AvgIpc) is 3.10. The van der Waals surface area contributed by atoms with Crippen LogP contribution >= 0.6 is 23.5 Å². The lowest BCUT2D eigenvalue weighted by atomic mass is 10.1. The number of carbonyl (C=O) groups is 1. The van der Waals surface area contributed by atoms with Crippen LogP contribution in [0.4, 0.5) is 0 Å². The first-order chi connectivity index (χ1) is 14.8. The number of hydrogen-bond acceptors (Lipinski definition) is 10. The molecule has 32 heavy (non-hydrogen) atoms. The largest absolute Gasteiger partial charge is 0.493 e. The Morgan fingerprint density at radius 3 is 2.47 bits per heavy atom. The molecule has 0 saturated carbocycles. The molecule has 0 aliphatic carbocycles. The Hall–Kier alpha value is -2.42. The molecule has 0 unspecified atom stereocenters. The van der Waals surface area contributed by atoms with Gasteiger partial charge in [-0.3, -0.25) is 10.2 Å². The molecule has 1 amide bonds. The van der Waals surface area contributed by atoms with E-state index >= 15 is 0 Å². The van der Waals surface area contributed by atoms with Crippen molar-refractivity contribution in [3.63, 3.8) is 0 Å². The number of amidine groups is 3. The van der Waals surface area contributed by atoms with Crippen molar-refractivity contribution in [3.8, 4) is 11.5 Å². The molecular formula is C17H17ClN4O7S3. The second kappa shape index (κ2) is 8.50. The highest BCUT2D eigenvalue weighted by atomic mass is 35.5. The summed E-state index contributed by atoms with van der Waals surface area (Å²) in [6.45, 7) is 2.95. The minimum absolute atomic E-state index is 0.0323. The van der Waals surface area contributed by atoms with Crippen LogP contribution in [0, 0.1) is 5.41 Å². The van der Waals surface area contributed by atoms with Gasteiger partial charge in [0.2, 0.25) is 25.9 Å². The average molecular weight is 521 g/mol. The molecular weight excluding hydrogens is 504 g/mol. The van der Waals surface area contributed by atoms with Gasteiger partial charge in [-0.15, -0.1) is 0 Å². The number of ether oxygens (including phenoxy) is 1. The van der Waals surface area contributed by atoms with Gasteiger partial charge in [0.1, 0.15) is 5.84 Å². The van der Waals surface area contributed by atoms with Gasteiger partial charge in [-0.25, -0.2) is 13.3 Å². The Labute approximate surface area is 193 Å². The zero-order valence-corrected chi connectivity index (χ0v) is 20.3. The van der Waals surface area contributed by atoms with E-state index in [4.69, 9.17) is 25.9 Å². The van der Waals surface area contributed by atoms with E-state index in [2.05, 4.69) is 9.39 Å². The first kappa shape index (κ1) is 24.2. The molecule has 0 radical (unpaired) electrons. The highest BCUT2D eigenvalue weighted by molar-refractivity contribution is 8.16. The van der Waals surface area contributed by atoms with Gasteiger partial charge < -0.3 is 8.92 Å². The topological polar surface area (TPSA) is 156 Å². The van der Waals surface area contributed by atoms with Crippen LogP contribution in [0.15, 0.2) is 27.1 Å². The van der Waals surface area contributed by atoms with Crippen LogP contribution in [0.1, 0.15) is 19.4 Å². The number of methoxy groups -OCH3 is 1. The fraction of sp³-hybridized carbons (Fsp3) is 0.294. The summed E-state index contributed by atoms with van der Waals surface area (Å²) < 4.78 is 62.0. The molecule has 2 aliphatic rings. The molecule has 3 rings (SSSR count). The zero-order chi connectivity index (χ0) is 24.0. The summed E-state index contributed by atoms with van der Waals surface area (Å²) in [6, 6.07) is 2.65. The molecule has 15 heteroatoms. The van der Waals surface area contributed by atoms with E-state index in [0.29, 0.717) is 11.9 Å². The maximum Gasteiger partial charge on any atom is 0.306 e. The Kier molecular flexibility index (Phi) is 6.43. The highest BCUT2D eigenvalue weighted by Gasteiger charge is 2.43. The first-order valence-electron chi connectivity index (χ1n) is 8.76. The minimum atomic E-state index is -3.89. The summed E-state index contributed by atoms with van der Waals surface area (Å²) in [5.74, 6) is -1.48. The molecule has 0 aromatic heterocycles. The van der Waals surface area contributed by atoms with Crippen molar-refractivity contribution < 1.29 is 30.6 Å². The van der Waals surface area contributed by atoms with Gasteiger partial charge in [0, 0.05) is 0 Å². The lowest BCUT2D eigenvalue weighted by molar-refractivity contribution is -0.114. The van der Waals surface area contributed by atoms with Crippen molar-refractivity contribution >= 4 is 71.7 Å². The Bertz CT molecular complexity index is 1330. The van der Waals surface area contributed by atoms with E-state index in [9.17, 15) is 21.6 Å². The van der Waals surface area contributed by atoms with Crippen molar-refractivity contribution in [3.05, 3.63) is 28.3 Å². The van der Waals surface area contributed by atoms with Crippen molar-refractivity contribution in [2.45, 2.75) is 19.1 Å². The summed E-state index contributed by atoms with van der Waals surface area (Å²) in [7, 11) is -6.48. The lowest BCUT2D eigenvalue weighted by Crippen LogP contribution is -2.46. The van der Waals surface area contributed by atoms with Crippen LogP contribution in [-0.4, -0.2) is 62.4 Å². The van der Waals surface area contributed by atoms with Gasteiger partial charge in [-0.05, 0) is 37.6 Å². The van der Waals surface area contributed by atoms with Gasteiger partial charge in [0.15, 0.2) is 5.75 Å². The number of nitrogens with zero attached hydrogens (tertiary/aromatic N) is 3. The van der Waals surface area contributed by atoms with Gasteiger partial charge in [0.05, 0.1) is 41.2 Å². The Balaban J connectivity index is 2.07. The number of nitrogens with one attached hydrogen (secondary N) is 1. The minimum Gasteiger partial charge on any atom is -0.493 e. The normalized spacial score (nSPS) is 18.1. The number of aliphatic imine (C=N–C) groups is 1. The smallest absolute Gasteiger partial charge is 0.306 e. The molecule has 0 bridgehead atoms. The quantitative estimate of drug-likeness (QED) is 0.349. The third-order valence-electron chi connectivity index (χ3n) is 4.17. The van der Waals surface area contributed by atoms with Crippen molar-refractivity contribution in [1.82, 2.24) is 4.90 Å². The Morgan fingerprint density at radius 2 is 1.91 bits per heavy atom. The molecule has 0 spiro atoms. The summed E-state index contributed by atoms with van der Waals surface area (Å²) in [5, 5.41) is 7.10. The standard InChI is InChI=1S/C17H17ClN4O7S3/c1-8(2)32(26,27)17-21-30-16-20-15(23)10(14(19)22(16)17)5-9-6-11(18)13(12(7-9)28-3)29-31(4,24)25/h5-8,19H,1-4H3/b10-5-,19-14?. The lowest BCUT2D eigenvalue weighted by Gasteiger charge is -2.25. The van der Waals surface area contributed by atoms with Gasteiger partial charge in [-0.2, -0.15) is 17.8 Å². The predicted molar refractivity (Wildman–Crippen MR) is 123 cm³/mol. The molecule has 2 aliphatic heterocycles. The van der Waals surface area contributed by atoms with Crippen LogP contribution in [0.3, 0.4) is 0 Å². The van der Waals surface area contributed by atoms with Crippen LogP contribution in [-0.2, 0) is 24.7 Å². The van der Waals surface area contributed by atoms with E-state index in [1.807, 2.05) is 0 Å². The maximum absolute atomic E-state index is 12.6. The molecule has 0 fully saturated rings. The van der Waals surface area contributed by atoms with Crippen LogP contribution in [0.25, 0.3) is 6.08 Å². The number of amides is 1. The Morgan fingerprint density at radius 1 is 1.25 bits per heavy atom. The SMILES string of the molecule is COc1cc(/C=C2/C(=N)N3C(=NC2=O)SN=C3S(=O)(=O)C(C)C)cc(Cl)c1OS(C)(=O)=O. The van der Waals surface area contributed by atoms with Crippen molar-refractivity contribution in [1.29, 1.82) is 5.41 Å². The van der Waals surface area contributed by atoms with E-state index in [1.54, 1.807) is 0 Å². The summed E-state index contributed by atoms with van der Waals surface area (Å²) in [4.78, 5) is 17.4. The third-order valence-corrected chi connectivity index (χ3v) is 7.76. The first-order valence-corrected chi connectivity index (χ1v) is 13.3. The zero-order valence-electron chi connectivity index (χ0n) is 17.1. The van der Waals surface area contributed by atoms with E-state index < -0.39 is 36.9 Å². The number of benzene rings is 1. The molecule has 1 aromatic rings. The predicted octanol–water partition coefficient (Wildman–Crippen LogP) is 2.09. The monoisotopic (exact) mass is 520 g/mol. The maximum atomic E-state index is 12.6. The second-order valence-corrected chi connectivity index (χ2v) is 11.9. The fourth-order valence-electron chi connectivity index (χ4n) is 2.62. The molecule has 172 valence electrons. The molecule has 0 saturated heterocycles. The summed E-state index contributed by atoms with van der Waals surface area (Å²) >= 11 is 6.83. The fourth-order valence-corrected chi connectivity index (χ4v) is 5.46. The van der Waals surface area contributed by atoms with Crippen LogP contribution in [0.5, 0.6) is 11.5 Å². The second-order valence-electron chi connectivity index (χ2n) is 6.82. The molecule has 2 heterocycles. The molecule has 11 nitrogen and oxygen atoms in total. The number of rotatable bonds is 5. The van der Waals surface area contributed by atoms with Crippen molar-refractivity contribution in [2.75, 3.05) is 13.4 Å². The van der Waals surface area contributed by atoms with Gasteiger partial charge >= 0.3 is 10.1 Å². The number of sulfone groups is 1. The van der Waals surface area contributed by atoms with E-state index in [0.717, 1.165) is 11.2 Å². The third kappa shape index (κ3) is 4.53.